The molecule has 126 valence electrons. The number of ether oxygens (including phenoxy) is 1. The number of fused-ring (bicyclic) bond motifs is 3. The zero-order chi connectivity index (χ0) is 15.8. The molecule has 0 aromatic rings. The Morgan fingerprint density at radius 1 is 1.48 bits per heavy atom. The van der Waals surface area contributed by atoms with E-state index in [1.807, 2.05) is 0 Å². The van der Waals surface area contributed by atoms with E-state index in [4.69, 9.17) is 20.9 Å². The minimum atomic E-state index is -1.05. The van der Waals surface area contributed by atoms with E-state index in [-0.39, 0.29) is 19.2 Å². The Hall–Kier alpha value is 0.320. The molecular weight excluding hydrogens is 520 g/mol. The standard InChI is InChI=1S/C15H21I2N5O/c1-13(16,15-17(21-15)22-15)12(19)20-10-6-2-7-3-8-11(18)23-9(10)5-14(7,8)4-6/h6-10,18,21-22H,2-5H2,1H3,(H2,19,20). The molecule has 0 aromatic carbocycles. The minimum absolute atomic E-state index is 0.0833. The Balaban J connectivity index is 1.34. The van der Waals surface area contributed by atoms with Gasteiger partial charge in [0.1, 0.15) is 0 Å². The fourth-order valence-corrected chi connectivity index (χ4v) is 13.7. The van der Waals surface area contributed by atoms with E-state index in [9.17, 15) is 0 Å². The van der Waals surface area contributed by atoms with E-state index in [0.29, 0.717) is 23.1 Å². The summed E-state index contributed by atoms with van der Waals surface area (Å²) in [7, 11) is 0. The molecule has 7 unspecified atom stereocenters. The number of hydrogen-bond donors (Lipinski definition) is 4. The number of amidine groups is 1. The third kappa shape index (κ3) is 1.54. The van der Waals surface area contributed by atoms with Crippen molar-refractivity contribution < 1.29 is 4.74 Å². The van der Waals surface area contributed by atoms with Crippen LogP contribution in [-0.4, -0.2) is 31.0 Å². The van der Waals surface area contributed by atoms with Gasteiger partial charge in [0, 0.05) is 0 Å². The second-order valence-electron chi connectivity index (χ2n) is 8.28. The number of nitrogens with one attached hydrogen (secondary N) is 3. The van der Waals surface area contributed by atoms with Gasteiger partial charge in [-0.2, -0.15) is 0 Å². The van der Waals surface area contributed by atoms with Crippen molar-refractivity contribution in [1.82, 2.24) is 7.06 Å². The van der Waals surface area contributed by atoms with Crippen molar-refractivity contribution >= 4 is 54.7 Å². The molecule has 3 bridgehead atoms. The van der Waals surface area contributed by atoms with E-state index in [2.05, 4.69) is 36.6 Å². The Bertz CT molecular complexity index is 675. The zero-order valence-electron chi connectivity index (χ0n) is 12.9. The summed E-state index contributed by atoms with van der Waals surface area (Å²) in [6.07, 6.45) is 4.86. The number of alkyl halides is 2. The Labute approximate surface area is 156 Å². The van der Waals surface area contributed by atoms with Crippen LogP contribution in [0.1, 0.15) is 32.6 Å². The number of aliphatic imine (C=N–C) groups is 1. The van der Waals surface area contributed by atoms with E-state index < -0.39 is 20.4 Å². The molecule has 0 radical (unpaired) electrons. The van der Waals surface area contributed by atoms with Crippen molar-refractivity contribution in [1.29, 1.82) is 5.41 Å². The van der Waals surface area contributed by atoms with Gasteiger partial charge in [-0.15, -0.1) is 0 Å². The van der Waals surface area contributed by atoms with Crippen molar-refractivity contribution in [3.63, 3.8) is 0 Å². The summed E-state index contributed by atoms with van der Waals surface area (Å²) in [5.74, 6) is 3.11. The van der Waals surface area contributed by atoms with Gasteiger partial charge in [0.15, 0.2) is 0 Å². The molecule has 3 saturated heterocycles. The summed E-state index contributed by atoms with van der Waals surface area (Å²) in [5, 5.41) is 8.27. The molecule has 1 spiro atoms. The number of rotatable bonds is 3. The van der Waals surface area contributed by atoms with Crippen LogP contribution in [0.5, 0.6) is 0 Å². The summed E-state index contributed by atoms with van der Waals surface area (Å²) in [6, 6.07) is 0.151. The van der Waals surface area contributed by atoms with Crippen molar-refractivity contribution in [3.8, 4) is 0 Å². The number of hydrogen-bond acceptors (Lipinski definition) is 5. The number of nitrogens with zero attached hydrogens (tertiary/aromatic N) is 1. The molecule has 6 aliphatic rings. The molecule has 6 nitrogen and oxygen atoms in total. The molecule has 3 heterocycles. The fraction of sp³-hybridized carbons (Fsp3) is 0.867. The molecule has 0 amide bonds. The van der Waals surface area contributed by atoms with Gasteiger partial charge in [-0.1, -0.05) is 0 Å². The second-order valence-corrected chi connectivity index (χ2v) is 14.8. The third-order valence-corrected chi connectivity index (χ3v) is 14.6. The molecule has 23 heavy (non-hydrogen) atoms. The van der Waals surface area contributed by atoms with E-state index in [1.54, 1.807) is 0 Å². The van der Waals surface area contributed by atoms with Crippen LogP contribution < -0.4 is 12.8 Å². The summed E-state index contributed by atoms with van der Waals surface area (Å²) >= 11 is 1.42. The predicted molar refractivity (Wildman–Crippen MR) is 105 cm³/mol. The predicted octanol–water partition coefficient (Wildman–Crippen LogP) is 1.91. The quantitative estimate of drug-likeness (QED) is 0.0832. The van der Waals surface area contributed by atoms with Gasteiger partial charge in [0.2, 0.25) is 0 Å². The van der Waals surface area contributed by atoms with Gasteiger partial charge in [0.05, 0.1) is 0 Å². The maximum atomic E-state index is 8.27. The molecule has 8 heteroatoms. The fourth-order valence-electron chi connectivity index (χ4n) is 5.86. The van der Waals surface area contributed by atoms with Crippen LogP contribution in [-0.2, 0) is 4.74 Å². The van der Waals surface area contributed by atoms with Gasteiger partial charge in [-0.25, -0.2) is 0 Å². The van der Waals surface area contributed by atoms with Crippen LogP contribution in [0.4, 0.5) is 0 Å². The first-order chi connectivity index (χ1) is 10.9. The summed E-state index contributed by atoms with van der Waals surface area (Å²) in [6.45, 7) is 2.19. The molecule has 6 fully saturated rings. The zero-order valence-corrected chi connectivity index (χ0v) is 17.2. The molecular formula is C15H21I2N5O. The SMILES string of the molecule is CC(I)(C(N)=NC1C2CC3CC4C(=N)OC1CC34C2)C12NI1N2. The van der Waals surface area contributed by atoms with Gasteiger partial charge >= 0.3 is 158 Å². The van der Waals surface area contributed by atoms with Crippen LogP contribution in [0, 0.1) is 28.6 Å². The van der Waals surface area contributed by atoms with Crippen molar-refractivity contribution in [3.05, 3.63) is 0 Å². The molecule has 3 aliphatic carbocycles. The Kier molecular flexibility index (Phi) is 2.52. The van der Waals surface area contributed by atoms with Gasteiger partial charge < -0.3 is 0 Å². The average Bonchev–Trinajstić information content (AvgIpc) is 3.31. The van der Waals surface area contributed by atoms with Gasteiger partial charge in [-0.3, -0.25) is 0 Å². The van der Waals surface area contributed by atoms with Crippen LogP contribution in [0.2, 0.25) is 0 Å². The van der Waals surface area contributed by atoms with Gasteiger partial charge in [0.25, 0.3) is 0 Å². The topological polar surface area (TPSA) is 115 Å². The molecule has 5 N–H and O–H groups in total. The average molecular weight is 541 g/mol. The van der Waals surface area contributed by atoms with Crippen molar-refractivity contribution in [2.75, 3.05) is 0 Å². The summed E-state index contributed by atoms with van der Waals surface area (Å²) < 4.78 is 13.1. The van der Waals surface area contributed by atoms with Crippen LogP contribution in [0.25, 0.3) is 0 Å². The van der Waals surface area contributed by atoms with Crippen LogP contribution >= 0.6 is 43.0 Å². The molecule has 7 atom stereocenters. The Morgan fingerprint density at radius 3 is 2.91 bits per heavy atom. The van der Waals surface area contributed by atoms with E-state index >= 15 is 0 Å². The first kappa shape index (κ1) is 14.5. The Morgan fingerprint density at radius 2 is 2.22 bits per heavy atom. The van der Waals surface area contributed by atoms with E-state index in [0.717, 1.165) is 18.2 Å². The molecule has 6 rings (SSSR count). The summed E-state index contributed by atoms with van der Waals surface area (Å²) in [4.78, 5) is 5.03. The van der Waals surface area contributed by atoms with Gasteiger partial charge in [-0.05, 0) is 0 Å². The number of halogens is 2. The third-order valence-electron chi connectivity index (χ3n) is 7.37. The first-order valence-corrected chi connectivity index (χ1v) is 12.7. The van der Waals surface area contributed by atoms with E-state index in [1.165, 1.54) is 19.3 Å². The van der Waals surface area contributed by atoms with Crippen molar-refractivity contribution in [2.45, 2.75) is 51.8 Å². The normalized spacial score (nSPS) is 54.5. The molecule has 3 aliphatic heterocycles. The molecule has 0 aromatic heterocycles. The van der Waals surface area contributed by atoms with Crippen molar-refractivity contribution in [2.24, 2.45) is 33.9 Å². The number of nitrogens with two attached hydrogens (primary N) is 1. The van der Waals surface area contributed by atoms with Crippen LogP contribution in [0.15, 0.2) is 4.99 Å². The summed E-state index contributed by atoms with van der Waals surface area (Å²) in [5.41, 5.74) is 6.89. The van der Waals surface area contributed by atoms with Crippen LogP contribution in [0.3, 0.4) is 0 Å². The maximum absolute atomic E-state index is 8.27. The second kappa shape index (κ2) is 4.01. The monoisotopic (exact) mass is 541 g/mol. The molecule has 3 saturated carbocycles. The first-order valence-electron chi connectivity index (χ1n) is 8.41.